The SMILES string of the molecule is CCCNCc1cnc(N2CCSC(CC)C2)s1. The van der Waals surface area contributed by atoms with E-state index in [0.717, 1.165) is 31.4 Å². The van der Waals surface area contributed by atoms with Gasteiger partial charge in [-0.15, -0.1) is 11.3 Å². The molecule has 3 nitrogen and oxygen atoms in total. The van der Waals surface area contributed by atoms with E-state index in [4.69, 9.17) is 0 Å². The van der Waals surface area contributed by atoms with Gasteiger partial charge in [0.2, 0.25) is 0 Å². The first-order valence-corrected chi connectivity index (χ1v) is 8.72. The number of anilines is 1. The van der Waals surface area contributed by atoms with E-state index in [1.54, 1.807) is 0 Å². The summed E-state index contributed by atoms with van der Waals surface area (Å²) in [6.07, 6.45) is 4.48. The molecule has 1 fully saturated rings. The van der Waals surface area contributed by atoms with Crippen LogP contribution in [-0.4, -0.2) is 35.6 Å². The second kappa shape index (κ2) is 7.36. The van der Waals surface area contributed by atoms with E-state index in [9.17, 15) is 0 Å². The van der Waals surface area contributed by atoms with Gasteiger partial charge in [0.25, 0.3) is 0 Å². The van der Waals surface area contributed by atoms with E-state index in [2.05, 4.69) is 40.8 Å². The van der Waals surface area contributed by atoms with Crippen LogP contribution >= 0.6 is 23.1 Å². The smallest absolute Gasteiger partial charge is 0.185 e. The highest BCUT2D eigenvalue weighted by Crippen LogP contribution is 2.28. The van der Waals surface area contributed by atoms with Gasteiger partial charge in [0.05, 0.1) is 0 Å². The molecule has 0 amide bonds. The Hall–Kier alpha value is -0.260. The Morgan fingerprint density at radius 1 is 1.50 bits per heavy atom. The molecule has 0 spiro atoms. The van der Waals surface area contributed by atoms with Gasteiger partial charge in [-0.3, -0.25) is 0 Å². The van der Waals surface area contributed by atoms with Crippen LogP contribution in [0.2, 0.25) is 0 Å². The van der Waals surface area contributed by atoms with Gasteiger partial charge in [0, 0.05) is 41.7 Å². The van der Waals surface area contributed by atoms with E-state index in [0.29, 0.717) is 0 Å². The predicted molar refractivity (Wildman–Crippen MR) is 82.9 cm³/mol. The van der Waals surface area contributed by atoms with Crippen molar-refractivity contribution >= 4 is 28.2 Å². The molecule has 0 bridgehead atoms. The first-order valence-electron chi connectivity index (χ1n) is 6.85. The molecule has 1 aliphatic rings. The topological polar surface area (TPSA) is 28.2 Å². The maximum atomic E-state index is 4.58. The van der Waals surface area contributed by atoms with E-state index in [-0.39, 0.29) is 0 Å². The van der Waals surface area contributed by atoms with Crippen molar-refractivity contribution in [3.8, 4) is 0 Å². The standard InChI is InChI=1S/C13H23N3S2/c1-3-5-14-8-12-9-15-13(18-12)16-6-7-17-11(4-2)10-16/h9,11,14H,3-8,10H2,1-2H3. The van der Waals surface area contributed by atoms with Gasteiger partial charge in [-0.25, -0.2) is 4.98 Å². The summed E-state index contributed by atoms with van der Waals surface area (Å²) in [4.78, 5) is 8.39. The van der Waals surface area contributed by atoms with Crippen LogP contribution in [0.3, 0.4) is 0 Å². The number of aromatic nitrogens is 1. The fourth-order valence-electron chi connectivity index (χ4n) is 2.05. The van der Waals surface area contributed by atoms with Crippen LogP contribution in [0, 0.1) is 0 Å². The molecule has 0 aromatic carbocycles. The number of nitrogens with zero attached hydrogens (tertiary/aromatic N) is 2. The third-order valence-electron chi connectivity index (χ3n) is 3.13. The van der Waals surface area contributed by atoms with Gasteiger partial charge in [-0.2, -0.15) is 11.8 Å². The van der Waals surface area contributed by atoms with Gasteiger partial charge in [-0.05, 0) is 19.4 Å². The fraction of sp³-hybridized carbons (Fsp3) is 0.769. The van der Waals surface area contributed by atoms with Crippen molar-refractivity contribution in [3.63, 3.8) is 0 Å². The number of nitrogens with one attached hydrogen (secondary N) is 1. The molecule has 1 atom stereocenters. The van der Waals surface area contributed by atoms with Crippen molar-refractivity contribution in [1.29, 1.82) is 0 Å². The van der Waals surface area contributed by atoms with E-state index >= 15 is 0 Å². The monoisotopic (exact) mass is 285 g/mol. The summed E-state index contributed by atoms with van der Waals surface area (Å²) in [5.74, 6) is 1.24. The summed E-state index contributed by atoms with van der Waals surface area (Å²) in [6.45, 7) is 8.84. The Morgan fingerprint density at radius 3 is 3.17 bits per heavy atom. The van der Waals surface area contributed by atoms with E-state index in [1.807, 2.05) is 17.5 Å². The highest BCUT2D eigenvalue weighted by molar-refractivity contribution is 8.00. The lowest BCUT2D eigenvalue weighted by molar-refractivity contribution is 0.681. The van der Waals surface area contributed by atoms with Crippen molar-refractivity contribution in [2.75, 3.05) is 30.3 Å². The van der Waals surface area contributed by atoms with Gasteiger partial charge < -0.3 is 10.2 Å². The molecule has 0 saturated carbocycles. The molecule has 1 aromatic rings. The lowest BCUT2D eigenvalue weighted by Gasteiger charge is -2.31. The Bertz CT molecular complexity index is 354. The van der Waals surface area contributed by atoms with Crippen LogP contribution in [0.1, 0.15) is 31.6 Å². The van der Waals surface area contributed by atoms with Gasteiger partial charge in [-0.1, -0.05) is 13.8 Å². The Balaban J connectivity index is 1.88. The average Bonchev–Trinajstić information content (AvgIpc) is 2.88. The summed E-state index contributed by atoms with van der Waals surface area (Å²) in [6, 6.07) is 0. The Morgan fingerprint density at radius 2 is 2.39 bits per heavy atom. The minimum Gasteiger partial charge on any atom is -0.346 e. The zero-order valence-corrected chi connectivity index (χ0v) is 12.9. The zero-order chi connectivity index (χ0) is 12.8. The molecule has 102 valence electrons. The van der Waals surface area contributed by atoms with Crippen LogP contribution < -0.4 is 10.2 Å². The number of hydrogen-bond acceptors (Lipinski definition) is 5. The molecular formula is C13H23N3S2. The van der Waals surface area contributed by atoms with Crippen molar-refractivity contribution < 1.29 is 0 Å². The summed E-state index contributed by atoms with van der Waals surface area (Å²) in [5.41, 5.74) is 0. The third kappa shape index (κ3) is 3.87. The fourth-order valence-corrected chi connectivity index (χ4v) is 4.15. The van der Waals surface area contributed by atoms with Crippen molar-refractivity contribution in [1.82, 2.24) is 10.3 Å². The van der Waals surface area contributed by atoms with E-state index in [1.165, 1.54) is 28.6 Å². The number of thiazole rings is 1. The molecule has 0 radical (unpaired) electrons. The first kappa shape index (κ1) is 14.2. The largest absolute Gasteiger partial charge is 0.346 e. The molecule has 0 aliphatic carbocycles. The summed E-state index contributed by atoms with van der Waals surface area (Å²) >= 11 is 3.95. The van der Waals surface area contributed by atoms with Crippen molar-refractivity contribution in [3.05, 3.63) is 11.1 Å². The molecule has 1 unspecified atom stereocenters. The first-order chi connectivity index (χ1) is 8.83. The third-order valence-corrected chi connectivity index (χ3v) is 5.56. The maximum Gasteiger partial charge on any atom is 0.185 e. The maximum absolute atomic E-state index is 4.58. The molecule has 1 saturated heterocycles. The van der Waals surface area contributed by atoms with Crippen molar-refractivity contribution in [2.45, 2.75) is 38.5 Å². The van der Waals surface area contributed by atoms with Gasteiger partial charge in [0.1, 0.15) is 0 Å². The molecule has 2 rings (SSSR count). The lowest BCUT2D eigenvalue weighted by atomic mass is 10.3. The number of thioether (sulfide) groups is 1. The van der Waals surface area contributed by atoms with E-state index < -0.39 is 0 Å². The highest BCUT2D eigenvalue weighted by Gasteiger charge is 2.21. The van der Waals surface area contributed by atoms with Gasteiger partial charge in [0.15, 0.2) is 5.13 Å². The molecular weight excluding hydrogens is 262 g/mol. The summed E-state index contributed by atoms with van der Waals surface area (Å²) in [7, 11) is 0. The number of rotatable bonds is 6. The van der Waals surface area contributed by atoms with Crippen LogP contribution in [0.4, 0.5) is 5.13 Å². The van der Waals surface area contributed by atoms with Crippen LogP contribution in [0.25, 0.3) is 0 Å². The van der Waals surface area contributed by atoms with Crippen LogP contribution in [-0.2, 0) is 6.54 Å². The van der Waals surface area contributed by atoms with Gasteiger partial charge >= 0.3 is 0 Å². The molecule has 5 heteroatoms. The molecule has 1 N–H and O–H groups in total. The Kier molecular flexibility index (Phi) is 5.79. The molecule has 1 aliphatic heterocycles. The average molecular weight is 285 g/mol. The van der Waals surface area contributed by atoms with Crippen LogP contribution in [0.15, 0.2) is 6.20 Å². The quantitative estimate of drug-likeness (QED) is 0.813. The number of hydrogen-bond donors (Lipinski definition) is 1. The normalized spacial score (nSPS) is 20.3. The molecule has 18 heavy (non-hydrogen) atoms. The predicted octanol–water partition coefficient (Wildman–Crippen LogP) is 2.97. The zero-order valence-electron chi connectivity index (χ0n) is 11.3. The molecule has 1 aromatic heterocycles. The summed E-state index contributed by atoms with van der Waals surface area (Å²) < 4.78 is 0. The second-order valence-corrected chi connectivity index (χ2v) is 7.13. The summed E-state index contributed by atoms with van der Waals surface area (Å²) in [5, 5.41) is 5.43. The highest BCUT2D eigenvalue weighted by atomic mass is 32.2. The Labute approximate surface area is 118 Å². The second-order valence-electron chi connectivity index (χ2n) is 4.63. The lowest BCUT2D eigenvalue weighted by Crippen LogP contribution is -2.37. The molecule has 2 heterocycles. The minimum atomic E-state index is 0.782. The minimum absolute atomic E-state index is 0.782. The van der Waals surface area contributed by atoms with Crippen LogP contribution in [0.5, 0.6) is 0 Å². The van der Waals surface area contributed by atoms with Crippen molar-refractivity contribution in [2.24, 2.45) is 0 Å².